The minimum atomic E-state index is -1.14. The average Bonchev–Trinajstić information content (AvgIpc) is 3.14. The van der Waals surface area contributed by atoms with E-state index in [9.17, 15) is 20.1 Å². The van der Waals surface area contributed by atoms with Gasteiger partial charge in [-0.1, -0.05) is 96.8 Å². The van der Waals surface area contributed by atoms with Crippen LogP contribution in [0.1, 0.15) is 110 Å². The van der Waals surface area contributed by atoms with Crippen molar-refractivity contribution in [1.82, 2.24) is 0 Å². The number of ether oxygens (including phenoxy) is 2. The predicted molar refractivity (Wildman–Crippen MR) is 126 cm³/mol. The van der Waals surface area contributed by atoms with E-state index in [-0.39, 0.29) is 19.2 Å². The van der Waals surface area contributed by atoms with E-state index in [1.807, 2.05) is 0 Å². The van der Waals surface area contributed by atoms with E-state index in [0.29, 0.717) is 6.42 Å². The zero-order chi connectivity index (χ0) is 24.0. The van der Waals surface area contributed by atoms with Crippen LogP contribution in [0, 0.1) is 4.17 Å². The zero-order valence-corrected chi connectivity index (χ0v) is 21.3. The van der Waals surface area contributed by atoms with Crippen molar-refractivity contribution >= 4 is 21.9 Å². The number of hydrogen-bond donors (Lipinski definition) is 3. The fourth-order valence-electron chi connectivity index (χ4n) is 3.95. The third-order valence-electron chi connectivity index (χ3n) is 5.97. The molecule has 1 rings (SSSR count). The predicted octanol–water partition coefficient (Wildman–Crippen LogP) is 3.91. The molecular weight excluding hydrogens is 425 g/mol. The van der Waals surface area contributed by atoms with E-state index in [0.717, 1.165) is 19.3 Å². The SMILES string of the molecule is CCCCCCCCCCCCCCCCCC(=O)OC[C@@H](O)[C@H]1OC[C@H](O)[C@H]1O.[N]#[Al]. The number of carbonyl (C=O) groups excluding carboxylic acids is 1. The van der Waals surface area contributed by atoms with Crippen molar-refractivity contribution < 1.29 is 29.6 Å². The molecule has 0 bridgehead atoms. The summed E-state index contributed by atoms with van der Waals surface area (Å²) in [7, 11) is 0. The number of aliphatic hydroxyl groups excluding tert-OH is 3. The van der Waals surface area contributed by atoms with Crippen LogP contribution in [0.15, 0.2) is 0 Å². The van der Waals surface area contributed by atoms with Crippen LogP contribution in [0.3, 0.4) is 0 Å². The summed E-state index contributed by atoms with van der Waals surface area (Å²) < 4.78 is 17.1. The summed E-state index contributed by atoms with van der Waals surface area (Å²) >= 11 is 1.42. The van der Waals surface area contributed by atoms with E-state index in [1.165, 1.54) is 93.0 Å². The molecule has 1 saturated heterocycles. The third-order valence-corrected chi connectivity index (χ3v) is 5.97. The van der Waals surface area contributed by atoms with Crippen LogP contribution in [0.4, 0.5) is 0 Å². The van der Waals surface area contributed by atoms with E-state index in [1.54, 1.807) is 0 Å². The van der Waals surface area contributed by atoms with Crippen LogP contribution < -0.4 is 0 Å². The van der Waals surface area contributed by atoms with Crippen molar-refractivity contribution in [2.45, 2.75) is 134 Å². The molecule has 1 aliphatic heterocycles. The molecule has 1 heterocycles. The molecule has 1 fully saturated rings. The summed E-state index contributed by atoms with van der Waals surface area (Å²) in [4.78, 5) is 11.8. The van der Waals surface area contributed by atoms with E-state index >= 15 is 0 Å². The zero-order valence-electron chi connectivity index (χ0n) is 20.1. The molecule has 4 atom stereocenters. The van der Waals surface area contributed by atoms with Gasteiger partial charge in [-0.3, -0.25) is 4.79 Å². The number of esters is 1. The summed E-state index contributed by atoms with van der Waals surface area (Å²) in [6.07, 6.45) is 15.4. The first-order valence-electron chi connectivity index (χ1n) is 12.6. The Hall–Kier alpha value is -0.448. The molecular formula is C24H46AlNO6. The van der Waals surface area contributed by atoms with Crippen molar-refractivity contribution in [3.05, 3.63) is 0 Å². The third kappa shape index (κ3) is 16.2. The number of rotatable bonds is 19. The van der Waals surface area contributed by atoms with Gasteiger partial charge in [-0.2, -0.15) is 0 Å². The van der Waals surface area contributed by atoms with E-state index in [4.69, 9.17) is 13.6 Å². The van der Waals surface area contributed by atoms with Crippen molar-refractivity contribution in [1.29, 1.82) is 4.17 Å². The van der Waals surface area contributed by atoms with Gasteiger partial charge in [0.1, 0.15) is 31.0 Å². The second kappa shape index (κ2) is 22.3. The molecule has 7 nitrogen and oxygen atoms in total. The number of unbranched alkanes of at least 4 members (excludes halogenated alkanes) is 14. The van der Waals surface area contributed by atoms with Gasteiger partial charge in [0.15, 0.2) is 0 Å². The molecule has 1 aliphatic rings. The van der Waals surface area contributed by atoms with Gasteiger partial charge < -0.3 is 24.8 Å². The summed E-state index contributed by atoms with van der Waals surface area (Å²) in [5.74, 6) is -0.336. The quantitative estimate of drug-likeness (QED) is 0.148. The van der Waals surface area contributed by atoms with Gasteiger partial charge in [0.2, 0.25) is 0 Å². The normalized spacial score (nSPS) is 21.1. The van der Waals surface area contributed by atoms with E-state index in [2.05, 4.69) is 6.92 Å². The van der Waals surface area contributed by atoms with Gasteiger partial charge in [0, 0.05) is 6.42 Å². The Balaban J connectivity index is 0.00000466. The Bertz CT molecular complexity index is 465. The Morgan fingerprint density at radius 3 is 1.75 bits per heavy atom. The summed E-state index contributed by atoms with van der Waals surface area (Å²) in [5.41, 5.74) is 0. The summed E-state index contributed by atoms with van der Waals surface area (Å²) in [6.45, 7) is 2.03. The summed E-state index contributed by atoms with van der Waals surface area (Å²) in [6, 6.07) is 0. The maximum absolute atomic E-state index is 11.8. The second-order valence-electron chi connectivity index (χ2n) is 8.81. The minimum absolute atomic E-state index is 0.0179. The molecule has 0 aliphatic carbocycles. The van der Waals surface area contributed by atoms with Gasteiger partial charge in [-0.25, -0.2) is 0 Å². The van der Waals surface area contributed by atoms with Crippen molar-refractivity contribution in [2.75, 3.05) is 13.2 Å². The van der Waals surface area contributed by atoms with Crippen LogP contribution in [0.2, 0.25) is 0 Å². The molecule has 3 N–H and O–H groups in total. The fraction of sp³-hybridized carbons (Fsp3) is 0.958. The molecule has 8 heteroatoms. The first-order valence-corrected chi connectivity index (χ1v) is 13.1. The number of nitrogens with zero attached hydrogens (tertiary/aromatic N) is 1. The molecule has 32 heavy (non-hydrogen) atoms. The molecule has 0 aromatic rings. The Morgan fingerprint density at radius 1 is 0.906 bits per heavy atom. The van der Waals surface area contributed by atoms with Crippen LogP contribution in [0.25, 0.3) is 0 Å². The van der Waals surface area contributed by atoms with Crippen LogP contribution in [-0.2, 0) is 14.3 Å². The van der Waals surface area contributed by atoms with Gasteiger partial charge in [-0.05, 0) is 6.42 Å². The average molecular weight is 472 g/mol. The molecule has 0 spiro atoms. The van der Waals surface area contributed by atoms with Gasteiger partial charge in [-0.15, -0.1) is 0 Å². The fourth-order valence-corrected chi connectivity index (χ4v) is 3.95. The van der Waals surface area contributed by atoms with Gasteiger partial charge >= 0.3 is 26.1 Å². The van der Waals surface area contributed by atoms with Crippen molar-refractivity contribution in [2.24, 2.45) is 0 Å². The number of aliphatic hydroxyl groups is 3. The molecule has 0 amide bonds. The standard InChI is InChI=1S/C24H46O6.Al.N/c1-2-3-4-5-6-7-8-9-10-11-12-13-14-15-16-17-22(27)29-19-21(26)24-23(28)20(25)18-30-24;;/h20-21,23-26,28H,2-19H2,1H3;;/t20-,21+,23+,24+;;/m0../s1. The number of hydrogen-bond acceptors (Lipinski definition) is 7. The van der Waals surface area contributed by atoms with Crippen LogP contribution >= 0.6 is 0 Å². The molecule has 0 aromatic carbocycles. The van der Waals surface area contributed by atoms with E-state index < -0.39 is 24.4 Å². The van der Waals surface area contributed by atoms with Crippen LogP contribution in [0.5, 0.6) is 0 Å². The molecule has 0 radical (unpaired) electrons. The molecule has 0 unspecified atom stereocenters. The van der Waals surface area contributed by atoms with Gasteiger partial charge in [0.25, 0.3) is 0 Å². The topological polar surface area (TPSA) is 120 Å². The maximum atomic E-state index is 11.8. The molecule has 0 aromatic heterocycles. The van der Waals surface area contributed by atoms with Crippen molar-refractivity contribution in [3.63, 3.8) is 0 Å². The Kier molecular flexibility index (Phi) is 22.0. The molecule has 186 valence electrons. The first-order chi connectivity index (χ1) is 15.6. The van der Waals surface area contributed by atoms with Gasteiger partial charge in [0.05, 0.1) is 6.61 Å². The second-order valence-corrected chi connectivity index (χ2v) is 8.81. The number of carbonyl (C=O) groups is 1. The Labute approximate surface area is 202 Å². The molecule has 0 saturated carbocycles. The Morgan fingerprint density at radius 2 is 1.34 bits per heavy atom. The van der Waals surface area contributed by atoms with Crippen molar-refractivity contribution in [3.8, 4) is 0 Å². The summed E-state index contributed by atoms with van der Waals surface area (Å²) in [5, 5.41) is 29.0. The van der Waals surface area contributed by atoms with Crippen LogP contribution in [-0.4, -0.2) is 74.8 Å². The monoisotopic (exact) mass is 471 g/mol. The first kappa shape index (κ1) is 31.6.